The number of carbonyl (C=O) groups is 1. The predicted molar refractivity (Wildman–Crippen MR) is 96.9 cm³/mol. The summed E-state index contributed by atoms with van der Waals surface area (Å²) < 4.78 is 24.3. The van der Waals surface area contributed by atoms with Crippen molar-refractivity contribution in [2.45, 2.75) is 45.1 Å². The first-order chi connectivity index (χ1) is 12.7. The van der Waals surface area contributed by atoms with Gasteiger partial charge in [0, 0.05) is 18.5 Å². The second-order valence-corrected chi connectivity index (χ2v) is 7.67. The van der Waals surface area contributed by atoms with Gasteiger partial charge in [-0.1, -0.05) is 0 Å². The maximum absolute atomic E-state index is 13.8. The van der Waals surface area contributed by atoms with Crippen LogP contribution in [0.2, 0.25) is 0 Å². The van der Waals surface area contributed by atoms with Crippen molar-refractivity contribution in [1.29, 1.82) is 5.26 Å². The van der Waals surface area contributed by atoms with Crippen LogP contribution < -0.4 is 5.63 Å². The zero-order valence-corrected chi connectivity index (χ0v) is 15.5. The van der Waals surface area contributed by atoms with Crippen LogP contribution in [0.4, 0.5) is 9.18 Å². The number of rotatable bonds is 1. The number of carbonyl (C=O) groups excluding carboxylic acids is 1. The van der Waals surface area contributed by atoms with Crippen molar-refractivity contribution in [3.63, 3.8) is 0 Å². The quantitative estimate of drug-likeness (QED) is 0.709. The van der Waals surface area contributed by atoms with E-state index >= 15 is 0 Å². The van der Waals surface area contributed by atoms with Gasteiger partial charge in [0.25, 0.3) is 0 Å². The fourth-order valence-electron chi connectivity index (χ4n) is 3.40. The fourth-order valence-corrected chi connectivity index (χ4v) is 3.40. The molecule has 1 aliphatic heterocycles. The first kappa shape index (κ1) is 18.9. The van der Waals surface area contributed by atoms with E-state index in [-0.39, 0.29) is 23.2 Å². The van der Waals surface area contributed by atoms with E-state index in [0.29, 0.717) is 36.9 Å². The van der Waals surface area contributed by atoms with Crippen molar-refractivity contribution in [2.24, 2.45) is 0 Å². The lowest BCUT2D eigenvalue weighted by Gasteiger charge is -2.34. The summed E-state index contributed by atoms with van der Waals surface area (Å²) >= 11 is 0. The number of hydrogen-bond donors (Lipinski definition) is 0. The molecule has 1 aliphatic rings. The minimum absolute atomic E-state index is 0.0937. The van der Waals surface area contributed by atoms with Crippen LogP contribution in [0.3, 0.4) is 0 Å². The third kappa shape index (κ3) is 3.95. The Labute approximate surface area is 156 Å². The molecule has 142 valence electrons. The molecule has 1 fully saturated rings. The van der Waals surface area contributed by atoms with E-state index in [2.05, 4.69) is 0 Å². The first-order valence-electron chi connectivity index (χ1n) is 8.84. The number of halogens is 1. The summed E-state index contributed by atoms with van der Waals surface area (Å²) in [5, 5.41) is 9.87. The van der Waals surface area contributed by atoms with Crippen molar-refractivity contribution in [3.05, 3.63) is 45.6 Å². The number of ether oxygens (including phenoxy) is 1. The van der Waals surface area contributed by atoms with E-state index in [1.165, 1.54) is 18.2 Å². The third-order valence-electron chi connectivity index (χ3n) is 4.57. The summed E-state index contributed by atoms with van der Waals surface area (Å²) in [6.07, 6.45) is 0.705. The van der Waals surface area contributed by atoms with E-state index < -0.39 is 17.0 Å². The Morgan fingerprint density at radius 1 is 1.33 bits per heavy atom. The molecule has 1 amide bonds. The van der Waals surface area contributed by atoms with E-state index in [4.69, 9.17) is 9.15 Å². The Balaban J connectivity index is 1.91. The van der Waals surface area contributed by atoms with Crippen LogP contribution in [-0.4, -0.2) is 29.7 Å². The van der Waals surface area contributed by atoms with E-state index in [0.717, 1.165) is 0 Å². The SMILES string of the molecule is CC(C)(C)OC(=O)N1CCC(c2c(C#N)c(=O)oc3ccc(F)cc23)CC1. The van der Waals surface area contributed by atoms with Crippen LogP contribution in [0.5, 0.6) is 0 Å². The maximum Gasteiger partial charge on any atom is 0.410 e. The van der Waals surface area contributed by atoms with Crippen LogP contribution in [0.1, 0.15) is 50.7 Å². The van der Waals surface area contributed by atoms with Crippen molar-refractivity contribution in [1.82, 2.24) is 4.90 Å². The van der Waals surface area contributed by atoms with Gasteiger partial charge in [-0.15, -0.1) is 0 Å². The Bertz CT molecular complexity index is 976. The minimum atomic E-state index is -0.721. The molecule has 1 aromatic carbocycles. The van der Waals surface area contributed by atoms with Gasteiger partial charge in [0.2, 0.25) is 0 Å². The average molecular weight is 372 g/mol. The van der Waals surface area contributed by atoms with Crippen LogP contribution in [0, 0.1) is 17.1 Å². The summed E-state index contributed by atoms with van der Waals surface area (Å²) in [6.45, 7) is 6.28. The zero-order chi connectivity index (χ0) is 19.8. The number of amides is 1. The maximum atomic E-state index is 13.8. The molecule has 0 aliphatic carbocycles. The standard InChI is InChI=1S/C20H21FN2O4/c1-20(2,3)27-19(25)23-8-6-12(7-9-23)17-14-10-13(21)4-5-16(14)26-18(24)15(17)11-22/h4-5,10,12H,6-9H2,1-3H3. The van der Waals surface area contributed by atoms with Gasteiger partial charge in [0.15, 0.2) is 0 Å². The molecule has 27 heavy (non-hydrogen) atoms. The number of nitrogens with zero attached hydrogens (tertiary/aromatic N) is 2. The zero-order valence-electron chi connectivity index (χ0n) is 15.5. The molecule has 0 saturated carbocycles. The van der Waals surface area contributed by atoms with Gasteiger partial charge in [0.05, 0.1) is 0 Å². The van der Waals surface area contributed by atoms with Gasteiger partial charge >= 0.3 is 11.7 Å². The molecule has 0 unspecified atom stereocenters. The summed E-state index contributed by atoms with van der Waals surface area (Å²) in [4.78, 5) is 26.0. The molecule has 0 atom stereocenters. The van der Waals surface area contributed by atoms with Crippen molar-refractivity contribution in [2.75, 3.05) is 13.1 Å². The molecule has 6 nitrogen and oxygen atoms in total. The lowest BCUT2D eigenvalue weighted by Crippen LogP contribution is -2.41. The number of piperidine rings is 1. The number of nitriles is 1. The normalized spacial score (nSPS) is 15.6. The van der Waals surface area contributed by atoms with Gasteiger partial charge in [-0.05, 0) is 63.3 Å². The van der Waals surface area contributed by atoms with E-state index in [9.17, 15) is 19.2 Å². The summed E-state index contributed by atoms with van der Waals surface area (Å²) in [7, 11) is 0. The minimum Gasteiger partial charge on any atom is -0.444 e. The fraction of sp³-hybridized carbons (Fsp3) is 0.450. The lowest BCUT2D eigenvalue weighted by molar-refractivity contribution is 0.0205. The smallest absolute Gasteiger partial charge is 0.410 e. The molecule has 0 bridgehead atoms. The highest BCUT2D eigenvalue weighted by Crippen LogP contribution is 2.35. The van der Waals surface area contributed by atoms with Gasteiger partial charge in [-0.2, -0.15) is 5.26 Å². The highest BCUT2D eigenvalue weighted by Gasteiger charge is 2.30. The molecule has 1 aromatic heterocycles. The average Bonchev–Trinajstić information content (AvgIpc) is 2.59. The monoisotopic (exact) mass is 372 g/mol. The second kappa shape index (κ2) is 7.03. The molecule has 2 aromatic rings. The molecule has 0 spiro atoms. The highest BCUT2D eigenvalue weighted by molar-refractivity contribution is 5.83. The van der Waals surface area contributed by atoms with Gasteiger partial charge in [0.1, 0.15) is 28.6 Å². The first-order valence-corrected chi connectivity index (χ1v) is 8.84. The van der Waals surface area contributed by atoms with Crippen LogP contribution in [0.25, 0.3) is 11.0 Å². The number of hydrogen-bond acceptors (Lipinski definition) is 5. The van der Waals surface area contributed by atoms with E-state index in [1.54, 1.807) is 25.7 Å². The van der Waals surface area contributed by atoms with Crippen molar-refractivity contribution < 1.29 is 18.3 Å². The Hall–Kier alpha value is -2.88. The number of likely N-dealkylation sites (tertiary alicyclic amines) is 1. The van der Waals surface area contributed by atoms with Crippen LogP contribution >= 0.6 is 0 Å². The molecule has 7 heteroatoms. The molecule has 1 saturated heterocycles. The third-order valence-corrected chi connectivity index (χ3v) is 4.57. The Kier molecular flexibility index (Phi) is 4.92. The van der Waals surface area contributed by atoms with Crippen LogP contribution in [0.15, 0.2) is 27.4 Å². The summed E-state index contributed by atoms with van der Waals surface area (Å²) in [5.41, 5.74) is -0.629. The van der Waals surface area contributed by atoms with Crippen molar-refractivity contribution in [3.8, 4) is 6.07 Å². The van der Waals surface area contributed by atoms with Crippen molar-refractivity contribution >= 4 is 17.1 Å². The Morgan fingerprint density at radius 2 is 2.00 bits per heavy atom. The molecule has 2 heterocycles. The highest BCUT2D eigenvalue weighted by atomic mass is 19.1. The van der Waals surface area contributed by atoms with Crippen LogP contribution in [-0.2, 0) is 4.74 Å². The van der Waals surface area contributed by atoms with E-state index in [1.807, 2.05) is 6.07 Å². The topological polar surface area (TPSA) is 83.5 Å². The van der Waals surface area contributed by atoms with Gasteiger partial charge < -0.3 is 14.1 Å². The second-order valence-electron chi connectivity index (χ2n) is 7.67. The van der Waals surface area contributed by atoms with Gasteiger partial charge in [-0.25, -0.2) is 14.0 Å². The molecule has 0 N–H and O–H groups in total. The summed E-state index contributed by atoms with van der Waals surface area (Å²) in [5.74, 6) is -0.612. The molecular weight excluding hydrogens is 351 g/mol. The Morgan fingerprint density at radius 3 is 2.59 bits per heavy atom. The molecule has 3 rings (SSSR count). The molecule has 0 radical (unpaired) electrons. The number of fused-ring (bicyclic) bond motifs is 1. The van der Waals surface area contributed by atoms with Gasteiger partial charge in [-0.3, -0.25) is 0 Å². The predicted octanol–water partition coefficient (Wildman–Crippen LogP) is 3.92. The molecular formula is C20H21FN2O4. The lowest BCUT2D eigenvalue weighted by atomic mass is 9.85. The summed E-state index contributed by atoms with van der Waals surface area (Å²) in [6, 6.07) is 5.80. The largest absolute Gasteiger partial charge is 0.444 e. The number of benzene rings is 1.